The van der Waals surface area contributed by atoms with Crippen molar-refractivity contribution < 1.29 is 4.74 Å². The summed E-state index contributed by atoms with van der Waals surface area (Å²) in [5.41, 5.74) is 0.687. The van der Waals surface area contributed by atoms with Crippen molar-refractivity contribution in [3.63, 3.8) is 0 Å². The van der Waals surface area contributed by atoms with Gasteiger partial charge < -0.3 is 10.1 Å². The van der Waals surface area contributed by atoms with Crippen molar-refractivity contribution in [2.24, 2.45) is 10.9 Å². The van der Waals surface area contributed by atoms with Crippen LogP contribution in [0.3, 0.4) is 0 Å². The molecule has 0 aromatic carbocycles. The average Bonchev–Trinajstić information content (AvgIpc) is 3.13. The summed E-state index contributed by atoms with van der Waals surface area (Å²) in [4.78, 5) is 21.8. The molecule has 3 aliphatic rings. The van der Waals surface area contributed by atoms with E-state index in [0.29, 0.717) is 30.1 Å². The van der Waals surface area contributed by atoms with E-state index in [9.17, 15) is 4.79 Å². The second-order valence-electron chi connectivity index (χ2n) is 7.01. The van der Waals surface area contributed by atoms with Crippen LogP contribution in [0.1, 0.15) is 44.0 Å². The lowest BCUT2D eigenvalue weighted by molar-refractivity contribution is 0.117. The van der Waals surface area contributed by atoms with Gasteiger partial charge in [-0.25, -0.2) is 4.98 Å². The van der Waals surface area contributed by atoms with Crippen molar-refractivity contribution in [1.82, 2.24) is 14.9 Å². The van der Waals surface area contributed by atoms with Gasteiger partial charge in [0.25, 0.3) is 5.56 Å². The van der Waals surface area contributed by atoms with Gasteiger partial charge >= 0.3 is 0 Å². The smallest absolute Gasteiger partial charge is 0.256 e. The highest BCUT2D eigenvalue weighted by Crippen LogP contribution is 2.30. The van der Waals surface area contributed by atoms with E-state index >= 15 is 0 Å². The number of nitrogens with zero attached hydrogens (tertiary/aromatic N) is 3. The zero-order chi connectivity index (χ0) is 17.2. The van der Waals surface area contributed by atoms with Crippen molar-refractivity contribution in [1.29, 1.82) is 0 Å². The summed E-state index contributed by atoms with van der Waals surface area (Å²) in [6.07, 6.45) is 9.69. The Kier molecular flexibility index (Phi) is 4.57. The van der Waals surface area contributed by atoms with Crippen molar-refractivity contribution in [3.05, 3.63) is 34.3 Å². The van der Waals surface area contributed by atoms with Crippen LogP contribution >= 0.6 is 0 Å². The maximum Gasteiger partial charge on any atom is 0.256 e. The Morgan fingerprint density at radius 3 is 3.08 bits per heavy atom. The lowest BCUT2D eigenvalue weighted by Crippen LogP contribution is -2.50. The molecule has 0 amide bonds. The standard InChI is InChI=1S/C18H25N5O2/c1-12-10-15(24)23-16(13-6-3-2-4-7-13)21-17(22-18(23)20-12)19-11-14-8-5-9-25-14/h2-3,10,13-14,16H,4-9,11H2,1H3,(H2,19,20,21,22)/t13-,14-,16-/m0/s1. The molecule has 1 aromatic rings. The van der Waals surface area contributed by atoms with E-state index in [0.717, 1.165) is 38.7 Å². The molecule has 4 rings (SSSR count). The third-order valence-corrected chi connectivity index (χ3v) is 5.11. The number of hydrogen-bond donors (Lipinski definition) is 2. The highest BCUT2D eigenvalue weighted by molar-refractivity contribution is 5.93. The van der Waals surface area contributed by atoms with Crippen molar-refractivity contribution in [2.45, 2.75) is 51.3 Å². The first-order chi connectivity index (χ1) is 12.2. The Morgan fingerprint density at radius 2 is 2.32 bits per heavy atom. The number of rotatable bonds is 3. The third kappa shape index (κ3) is 3.46. The van der Waals surface area contributed by atoms with Gasteiger partial charge in [-0.1, -0.05) is 12.2 Å². The molecule has 0 saturated carbocycles. The molecule has 1 aliphatic carbocycles. The molecular formula is C18H25N5O2. The number of anilines is 1. The number of fused-ring (bicyclic) bond motifs is 1. The van der Waals surface area contributed by atoms with Gasteiger partial charge in [0.15, 0.2) is 5.96 Å². The normalized spacial score (nSPS) is 30.0. The van der Waals surface area contributed by atoms with Crippen molar-refractivity contribution >= 4 is 11.9 Å². The fraction of sp³-hybridized carbons (Fsp3) is 0.611. The predicted octanol–water partition coefficient (Wildman–Crippen LogP) is 1.96. The second-order valence-corrected chi connectivity index (χ2v) is 7.01. The minimum absolute atomic E-state index is 0.0276. The molecule has 0 bridgehead atoms. The molecule has 2 N–H and O–H groups in total. The van der Waals surface area contributed by atoms with Crippen LogP contribution in [0.2, 0.25) is 0 Å². The first-order valence-electron chi connectivity index (χ1n) is 9.15. The van der Waals surface area contributed by atoms with Gasteiger partial charge in [0.05, 0.1) is 12.6 Å². The highest BCUT2D eigenvalue weighted by atomic mass is 16.5. The minimum Gasteiger partial charge on any atom is -0.376 e. The van der Waals surface area contributed by atoms with Crippen LogP contribution in [0, 0.1) is 12.8 Å². The Balaban J connectivity index is 1.63. The van der Waals surface area contributed by atoms with Crippen LogP contribution in [0.25, 0.3) is 0 Å². The quantitative estimate of drug-likeness (QED) is 0.820. The molecule has 0 unspecified atom stereocenters. The summed E-state index contributed by atoms with van der Waals surface area (Å²) in [6, 6.07) is 1.59. The highest BCUT2D eigenvalue weighted by Gasteiger charge is 2.31. The maximum absolute atomic E-state index is 12.6. The van der Waals surface area contributed by atoms with Crippen LogP contribution in [0.15, 0.2) is 28.0 Å². The zero-order valence-electron chi connectivity index (χ0n) is 14.6. The SMILES string of the molecule is Cc1cc(=O)n2c(n1)NC(=NC[C@@H]1CCCO1)N[C@@H]2[C@H]1CC=CCC1. The molecule has 3 atom stereocenters. The van der Waals surface area contributed by atoms with Crippen LogP contribution in [-0.4, -0.2) is 34.8 Å². The maximum atomic E-state index is 12.6. The van der Waals surface area contributed by atoms with Crippen molar-refractivity contribution in [2.75, 3.05) is 18.5 Å². The van der Waals surface area contributed by atoms with E-state index in [1.54, 1.807) is 10.6 Å². The van der Waals surface area contributed by atoms with Crippen LogP contribution in [0.5, 0.6) is 0 Å². The fourth-order valence-electron chi connectivity index (χ4n) is 3.81. The number of hydrogen-bond acceptors (Lipinski definition) is 4. The first-order valence-corrected chi connectivity index (χ1v) is 9.15. The van der Waals surface area contributed by atoms with Crippen LogP contribution in [0.4, 0.5) is 5.95 Å². The van der Waals surface area contributed by atoms with Crippen LogP contribution in [-0.2, 0) is 4.74 Å². The van der Waals surface area contributed by atoms with Crippen LogP contribution < -0.4 is 16.2 Å². The molecule has 1 fully saturated rings. The van der Waals surface area contributed by atoms with E-state index < -0.39 is 0 Å². The fourth-order valence-corrected chi connectivity index (χ4v) is 3.81. The Bertz CT molecular complexity index is 748. The van der Waals surface area contributed by atoms with Gasteiger partial charge in [0, 0.05) is 24.3 Å². The van der Waals surface area contributed by atoms with E-state index in [-0.39, 0.29) is 17.8 Å². The number of ether oxygens (including phenoxy) is 1. The minimum atomic E-state index is -0.120. The number of guanidine groups is 1. The van der Waals surface area contributed by atoms with E-state index in [1.807, 2.05) is 6.92 Å². The number of aryl methyl sites for hydroxylation is 1. The average molecular weight is 343 g/mol. The molecule has 3 heterocycles. The van der Waals surface area contributed by atoms with Gasteiger partial charge in [0.2, 0.25) is 5.95 Å². The van der Waals surface area contributed by atoms with Gasteiger partial charge in [-0.05, 0) is 39.0 Å². The van der Waals surface area contributed by atoms with Gasteiger partial charge in [-0.3, -0.25) is 19.7 Å². The molecule has 134 valence electrons. The summed E-state index contributed by atoms with van der Waals surface area (Å²) in [6.45, 7) is 3.29. The molecule has 1 saturated heterocycles. The largest absolute Gasteiger partial charge is 0.376 e. The predicted molar refractivity (Wildman–Crippen MR) is 96.8 cm³/mol. The van der Waals surface area contributed by atoms with Crippen molar-refractivity contribution in [3.8, 4) is 0 Å². The van der Waals surface area contributed by atoms with E-state index in [1.165, 1.54) is 0 Å². The summed E-state index contributed by atoms with van der Waals surface area (Å²) >= 11 is 0. The first kappa shape index (κ1) is 16.3. The number of aliphatic imine (C=N–C) groups is 1. The lowest BCUT2D eigenvalue weighted by atomic mass is 9.91. The molecule has 25 heavy (non-hydrogen) atoms. The molecule has 0 radical (unpaired) electrons. The summed E-state index contributed by atoms with van der Waals surface area (Å²) in [5, 5.41) is 6.62. The Labute approximate surface area is 147 Å². The third-order valence-electron chi connectivity index (χ3n) is 5.11. The summed E-state index contributed by atoms with van der Waals surface area (Å²) in [5.74, 6) is 1.61. The topological polar surface area (TPSA) is 80.5 Å². The monoisotopic (exact) mass is 343 g/mol. The molecule has 7 heteroatoms. The molecule has 7 nitrogen and oxygen atoms in total. The molecule has 1 aromatic heterocycles. The lowest BCUT2D eigenvalue weighted by Gasteiger charge is -2.36. The Hall–Kier alpha value is -2.15. The number of allylic oxidation sites excluding steroid dienone is 2. The number of nitrogens with one attached hydrogen (secondary N) is 2. The Morgan fingerprint density at radius 1 is 1.40 bits per heavy atom. The summed E-state index contributed by atoms with van der Waals surface area (Å²) in [7, 11) is 0. The molecule has 0 spiro atoms. The summed E-state index contributed by atoms with van der Waals surface area (Å²) < 4.78 is 7.39. The number of aromatic nitrogens is 2. The molecule has 2 aliphatic heterocycles. The second kappa shape index (κ2) is 7.00. The van der Waals surface area contributed by atoms with Gasteiger partial charge in [0.1, 0.15) is 6.17 Å². The van der Waals surface area contributed by atoms with Gasteiger partial charge in [-0.2, -0.15) is 0 Å². The zero-order valence-corrected chi connectivity index (χ0v) is 14.6. The molecular weight excluding hydrogens is 318 g/mol. The van der Waals surface area contributed by atoms with Gasteiger partial charge in [-0.15, -0.1) is 0 Å². The van der Waals surface area contributed by atoms with E-state index in [4.69, 9.17) is 4.74 Å². The van der Waals surface area contributed by atoms with E-state index in [2.05, 4.69) is 32.8 Å².